The highest BCUT2D eigenvalue weighted by atomic mass is 79.9. The van der Waals surface area contributed by atoms with Crippen molar-refractivity contribution in [2.24, 2.45) is 0 Å². The Kier molecular flexibility index (Phi) is 3.62. The van der Waals surface area contributed by atoms with Gasteiger partial charge in [-0.15, -0.1) is 0 Å². The molecule has 4 heteroatoms. The minimum atomic E-state index is 0.0857. The number of ether oxygens (including phenoxy) is 1. The van der Waals surface area contributed by atoms with E-state index >= 15 is 0 Å². The lowest BCUT2D eigenvalue weighted by Crippen LogP contribution is -2.00. The molecule has 0 saturated carbocycles. The van der Waals surface area contributed by atoms with E-state index in [1.54, 1.807) is 13.2 Å². The minimum absolute atomic E-state index is 0.0857. The molecule has 0 saturated heterocycles. The first kappa shape index (κ1) is 9.60. The van der Waals surface area contributed by atoms with Gasteiger partial charge >= 0.3 is 0 Å². The summed E-state index contributed by atoms with van der Waals surface area (Å²) >= 11 is 3.13. The summed E-state index contributed by atoms with van der Waals surface area (Å²) in [6, 6.07) is 1.78. The topological polar surface area (TPSA) is 26.3 Å². The van der Waals surface area contributed by atoms with Crippen molar-refractivity contribution < 1.29 is 9.53 Å². The molecule has 1 aromatic heterocycles. The third-order valence-corrected chi connectivity index (χ3v) is 3.09. The molecule has 0 bridgehead atoms. The van der Waals surface area contributed by atoms with Crippen molar-refractivity contribution in [3.8, 4) is 5.75 Å². The molecule has 1 heterocycles. The maximum atomic E-state index is 11.2. The van der Waals surface area contributed by atoms with Crippen LogP contribution in [0.1, 0.15) is 10.4 Å². The van der Waals surface area contributed by atoms with E-state index in [9.17, 15) is 4.79 Å². The zero-order valence-electron chi connectivity index (χ0n) is 6.71. The van der Waals surface area contributed by atoms with E-state index in [0.717, 1.165) is 11.3 Å². The highest BCUT2D eigenvalue weighted by Gasteiger charge is 2.03. The maximum Gasteiger partial charge on any atom is 0.173 e. The van der Waals surface area contributed by atoms with Gasteiger partial charge in [-0.05, 0) is 11.7 Å². The normalized spacial score (nSPS) is 9.50. The molecule has 1 aromatic rings. The SMILES string of the molecule is COc1c[siH]cc(C(=O)CBr)c1. The quantitative estimate of drug-likeness (QED) is 0.456. The Hall–Kier alpha value is -0.483. The van der Waals surface area contributed by atoms with E-state index in [1.165, 1.54) is 0 Å². The van der Waals surface area contributed by atoms with Crippen LogP contribution in [-0.4, -0.2) is 27.3 Å². The summed E-state index contributed by atoms with van der Waals surface area (Å²) in [5.74, 6) is 0.918. The molecular formula is C8H9BrO2Si. The molecule has 0 fully saturated rings. The van der Waals surface area contributed by atoms with Crippen LogP contribution in [-0.2, 0) is 0 Å². The molecule has 0 aliphatic heterocycles. The molecule has 0 N–H and O–H groups in total. The number of Topliss-reactive ketones (excluding diaryl/α,β-unsaturated/α-hetero) is 1. The molecule has 0 aliphatic carbocycles. The largest absolute Gasteiger partial charge is 0.497 e. The van der Waals surface area contributed by atoms with Crippen LogP contribution in [0.15, 0.2) is 17.4 Å². The Morgan fingerprint density at radius 3 is 3.00 bits per heavy atom. The van der Waals surface area contributed by atoms with Crippen molar-refractivity contribution in [2.75, 3.05) is 12.4 Å². The lowest BCUT2D eigenvalue weighted by Gasteiger charge is -2.00. The molecule has 0 aromatic carbocycles. The first-order chi connectivity index (χ1) is 5.77. The van der Waals surface area contributed by atoms with Crippen LogP contribution in [0, 0.1) is 0 Å². The van der Waals surface area contributed by atoms with E-state index < -0.39 is 0 Å². The van der Waals surface area contributed by atoms with E-state index in [-0.39, 0.29) is 14.9 Å². The Labute approximate surface area is 81.8 Å². The second-order valence-corrected chi connectivity index (χ2v) is 3.90. The van der Waals surface area contributed by atoms with Crippen LogP contribution < -0.4 is 4.74 Å². The molecule has 0 unspecified atom stereocenters. The third kappa shape index (κ3) is 2.25. The van der Waals surface area contributed by atoms with Crippen molar-refractivity contribution in [1.82, 2.24) is 0 Å². The van der Waals surface area contributed by atoms with Gasteiger partial charge in [-0.1, -0.05) is 21.6 Å². The van der Waals surface area contributed by atoms with Gasteiger partial charge < -0.3 is 4.74 Å². The fourth-order valence-corrected chi connectivity index (χ4v) is 2.21. The smallest absolute Gasteiger partial charge is 0.173 e. The van der Waals surface area contributed by atoms with Crippen LogP contribution in [0.2, 0.25) is 0 Å². The summed E-state index contributed by atoms with van der Waals surface area (Å²) in [6.45, 7) is 0. The van der Waals surface area contributed by atoms with Gasteiger partial charge in [-0.25, -0.2) is 0 Å². The highest BCUT2D eigenvalue weighted by Crippen LogP contribution is 2.10. The van der Waals surface area contributed by atoms with Gasteiger partial charge in [0.1, 0.15) is 5.75 Å². The molecule has 0 aliphatic rings. The van der Waals surface area contributed by atoms with Gasteiger partial charge in [-0.2, -0.15) is 0 Å². The summed E-state index contributed by atoms with van der Waals surface area (Å²) < 4.78 is 5.03. The fourth-order valence-electron chi connectivity index (χ4n) is 0.874. The van der Waals surface area contributed by atoms with Gasteiger partial charge in [0.15, 0.2) is 5.78 Å². The lowest BCUT2D eigenvalue weighted by atomic mass is 10.2. The van der Waals surface area contributed by atoms with Gasteiger partial charge in [0, 0.05) is 14.7 Å². The summed E-state index contributed by atoms with van der Waals surface area (Å²) in [6.07, 6.45) is 0. The minimum Gasteiger partial charge on any atom is -0.497 e. The Morgan fingerprint density at radius 2 is 2.42 bits per heavy atom. The number of ketones is 1. The predicted octanol–water partition coefficient (Wildman–Crippen LogP) is 1.34. The van der Waals surface area contributed by atoms with Crippen LogP contribution in [0.25, 0.3) is 0 Å². The first-order valence-electron chi connectivity index (χ1n) is 3.51. The molecule has 0 radical (unpaired) electrons. The predicted molar refractivity (Wildman–Crippen MR) is 53.9 cm³/mol. The van der Waals surface area contributed by atoms with Crippen molar-refractivity contribution in [1.29, 1.82) is 0 Å². The standard InChI is InChI=1S/C8H9BrO2Si/c1-11-7-2-6(4-12-5-7)8(10)3-9/h2,4-5,12H,3H2,1H3. The zero-order chi connectivity index (χ0) is 8.97. The molecule has 0 spiro atoms. The number of carbonyl (C=O) groups is 1. The van der Waals surface area contributed by atoms with Gasteiger partial charge in [-0.3, -0.25) is 4.79 Å². The average molecular weight is 245 g/mol. The summed E-state index contributed by atoms with van der Waals surface area (Å²) in [7, 11) is 1.70. The number of hydrogen-bond donors (Lipinski definition) is 0. The van der Waals surface area contributed by atoms with E-state index in [4.69, 9.17) is 4.74 Å². The number of rotatable bonds is 3. The average Bonchev–Trinajstić information content (AvgIpc) is 2.17. The Morgan fingerprint density at radius 1 is 1.67 bits per heavy atom. The van der Waals surface area contributed by atoms with Crippen LogP contribution in [0.4, 0.5) is 0 Å². The van der Waals surface area contributed by atoms with Crippen molar-refractivity contribution >= 4 is 30.8 Å². The Balaban J connectivity index is 2.93. The molecule has 64 valence electrons. The van der Waals surface area contributed by atoms with Gasteiger partial charge in [0.25, 0.3) is 0 Å². The van der Waals surface area contributed by atoms with E-state index in [0.29, 0.717) is 5.33 Å². The summed E-state index contributed by atoms with van der Waals surface area (Å²) in [5, 5.41) is 0.381. The monoisotopic (exact) mass is 244 g/mol. The number of methoxy groups -OCH3 is 1. The molecule has 2 nitrogen and oxygen atoms in total. The summed E-state index contributed by atoms with van der Waals surface area (Å²) in [4.78, 5) is 11.2. The van der Waals surface area contributed by atoms with Crippen molar-refractivity contribution in [3.63, 3.8) is 0 Å². The van der Waals surface area contributed by atoms with Crippen LogP contribution in [0.5, 0.6) is 5.75 Å². The highest BCUT2D eigenvalue weighted by molar-refractivity contribution is 9.09. The number of alkyl halides is 1. The number of halogens is 1. The van der Waals surface area contributed by atoms with E-state index in [2.05, 4.69) is 15.9 Å². The molecular weight excluding hydrogens is 236 g/mol. The van der Waals surface area contributed by atoms with Crippen LogP contribution in [0.3, 0.4) is 0 Å². The van der Waals surface area contributed by atoms with Gasteiger partial charge in [0.05, 0.1) is 12.4 Å². The summed E-state index contributed by atoms with van der Waals surface area (Å²) in [5.41, 5.74) is 4.76. The van der Waals surface area contributed by atoms with Gasteiger partial charge in [0.2, 0.25) is 0 Å². The molecule has 0 atom stereocenters. The van der Waals surface area contributed by atoms with E-state index in [1.807, 2.05) is 11.4 Å². The number of hydrogen-bond acceptors (Lipinski definition) is 2. The number of carbonyl (C=O) groups excluding carboxylic acids is 1. The molecule has 1 rings (SSSR count). The molecule has 0 amide bonds. The third-order valence-electron chi connectivity index (χ3n) is 1.51. The lowest BCUT2D eigenvalue weighted by molar-refractivity contribution is 0.102. The molecule has 12 heavy (non-hydrogen) atoms. The fraction of sp³-hybridized carbons (Fsp3) is 0.250. The van der Waals surface area contributed by atoms with Crippen LogP contribution >= 0.6 is 15.9 Å². The zero-order valence-corrected chi connectivity index (χ0v) is 9.45. The van der Waals surface area contributed by atoms with Crippen molar-refractivity contribution in [2.45, 2.75) is 0 Å². The maximum absolute atomic E-state index is 11.2. The Bertz CT molecular complexity index is 288. The first-order valence-corrected chi connectivity index (χ1v) is 5.96. The van der Waals surface area contributed by atoms with Crippen molar-refractivity contribution in [3.05, 3.63) is 23.0 Å². The second kappa shape index (κ2) is 4.52. The second-order valence-electron chi connectivity index (χ2n) is 2.29.